The van der Waals surface area contributed by atoms with Crippen LogP contribution in [-0.4, -0.2) is 21.3 Å². The number of nitrogens with zero attached hydrogens (tertiary/aromatic N) is 1. The maximum atomic E-state index is 12.8. The van der Waals surface area contributed by atoms with Crippen LogP contribution >= 0.6 is 0 Å². The van der Waals surface area contributed by atoms with Crippen molar-refractivity contribution in [3.05, 3.63) is 53.6 Å². The molecule has 112 valence electrons. The standard InChI is InChI=1S/C15H9F3N2O2/c16-15(17,18)10-5-6-12-11(7-10)13(20-19-12)8-1-3-9(4-2-8)14(21)22/h1-7H,(H,19,20)(H,21,22). The minimum Gasteiger partial charge on any atom is -0.478 e. The van der Waals surface area contributed by atoms with Crippen molar-refractivity contribution in [2.24, 2.45) is 0 Å². The summed E-state index contributed by atoms with van der Waals surface area (Å²) in [5.74, 6) is -1.07. The SMILES string of the molecule is O=C(O)c1ccc(-c2[nH]nc3ccc(C(F)(F)F)cc23)cc1. The van der Waals surface area contributed by atoms with Crippen LogP contribution in [0.2, 0.25) is 0 Å². The predicted molar refractivity (Wildman–Crippen MR) is 73.5 cm³/mol. The van der Waals surface area contributed by atoms with E-state index in [1.807, 2.05) is 0 Å². The van der Waals surface area contributed by atoms with Gasteiger partial charge in [-0.25, -0.2) is 4.79 Å². The molecule has 2 N–H and O–H groups in total. The van der Waals surface area contributed by atoms with E-state index in [0.29, 0.717) is 22.2 Å². The van der Waals surface area contributed by atoms with Gasteiger partial charge < -0.3 is 5.11 Å². The zero-order valence-corrected chi connectivity index (χ0v) is 11.0. The summed E-state index contributed by atoms with van der Waals surface area (Å²) >= 11 is 0. The van der Waals surface area contributed by atoms with Crippen LogP contribution in [0.3, 0.4) is 0 Å². The van der Waals surface area contributed by atoms with Crippen molar-refractivity contribution in [1.82, 2.24) is 10.2 Å². The summed E-state index contributed by atoms with van der Waals surface area (Å²) in [6.07, 6.45) is -4.43. The molecular weight excluding hydrogens is 297 g/mol. The first-order valence-electron chi connectivity index (χ1n) is 6.25. The number of carboxylic acids is 1. The lowest BCUT2D eigenvalue weighted by Crippen LogP contribution is -2.04. The number of hydrogen-bond acceptors (Lipinski definition) is 2. The number of H-pyrrole nitrogens is 1. The van der Waals surface area contributed by atoms with Gasteiger partial charge in [-0.1, -0.05) is 12.1 Å². The Hall–Kier alpha value is -2.83. The van der Waals surface area contributed by atoms with Crippen molar-refractivity contribution in [3.8, 4) is 11.3 Å². The molecule has 0 aliphatic heterocycles. The normalized spacial score (nSPS) is 11.8. The van der Waals surface area contributed by atoms with Crippen LogP contribution in [0.25, 0.3) is 22.2 Å². The minimum absolute atomic E-state index is 0.101. The number of rotatable bonds is 2. The van der Waals surface area contributed by atoms with E-state index in [4.69, 9.17) is 5.11 Å². The third-order valence-electron chi connectivity index (χ3n) is 3.30. The number of aromatic carboxylic acids is 1. The summed E-state index contributed by atoms with van der Waals surface area (Å²) in [6.45, 7) is 0. The number of halogens is 3. The predicted octanol–water partition coefficient (Wildman–Crippen LogP) is 3.95. The first-order chi connectivity index (χ1) is 10.4. The fraction of sp³-hybridized carbons (Fsp3) is 0.0667. The van der Waals surface area contributed by atoms with E-state index in [1.54, 1.807) is 0 Å². The lowest BCUT2D eigenvalue weighted by molar-refractivity contribution is -0.137. The number of nitrogens with one attached hydrogen (secondary N) is 1. The van der Waals surface area contributed by atoms with Crippen LogP contribution in [-0.2, 0) is 6.18 Å². The van der Waals surface area contributed by atoms with E-state index in [1.165, 1.54) is 30.3 Å². The van der Waals surface area contributed by atoms with Crippen molar-refractivity contribution in [2.45, 2.75) is 6.18 Å². The molecule has 0 atom stereocenters. The summed E-state index contributed by atoms with van der Waals surface area (Å²) in [5.41, 5.74) is 0.725. The number of fused-ring (bicyclic) bond motifs is 1. The Labute approximate surface area is 122 Å². The van der Waals surface area contributed by atoms with Gasteiger partial charge in [0.05, 0.1) is 22.3 Å². The number of hydrogen-bond donors (Lipinski definition) is 2. The summed E-state index contributed by atoms with van der Waals surface area (Å²) in [4.78, 5) is 10.8. The monoisotopic (exact) mass is 306 g/mol. The van der Waals surface area contributed by atoms with Crippen LogP contribution in [0.5, 0.6) is 0 Å². The Morgan fingerprint density at radius 2 is 1.77 bits per heavy atom. The van der Waals surface area contributed by atoms with Crippen molar-refractivity contribution in [1.29, 1.82) is 0 Å². The minimum atomic E-state index is -4.43. The van der Waals surface area contributed by atoms with Gasteiger partial charge in [0.2, 0.25) is 0 Å². The summed E-state index contributed by atoms with van der Waals surface area (Å²) < 4.78 is 38.4. The molecule has 22 heavy (non-hydrogen) atoms. The Balaban J connectivity index is 2.12. The molecule has 3 aromatic rings. The maximum absolute atomic E-state index is 12.8. The topological polar surface area (TPSA) is 66.0 Å². The molecule has 0 fully saturated rings. The highest BCUT2D eigenvalue weighted by Gasteiger charge is 2.31. The fourth-order valence-electron chi connectivity index (χ4n) is 2.19. The summed E-state index contributed by atoms with van der Waals surface area (Å²) in [5, 5.41) is 15.8. The Morgan fingerprint density at radius 1 is 1.09 bits per heavy atom. The van der Waals surface area contributed by atoms with Crippen LogP contribution < -0.4 is 0 Å². The molecule has 0 saturated heterocycles. The van der Waals surface area contributed by atoms with E-state index < -0.39 is 17.7 Å². The largest absolute Gasteiger partial charge is 0.478 e. The van der Waals surface area contributed by atoms with Crippen LogP contribution in [0, 0.1) is 0 Å². The molecule has 0 bridgehead atoms. The van der Waals surface area contributed by atoms with Crippen molar-refractivity contribution < 1.29 is 23.1 Å². The van der Waals surface area contributed by atoms with Gasteiger partial charge in [0.1, 0.15) is 0 Å². The number of carbonyl (C=O) groups is 1. The van der Waals surface area contributed by atoms with E-state index in [9.17, 15) is 18.0 Å². The van der Waals surface area contributed by atoms with Gasteiger partial charge in [-0.15, -0.1) is 0 Å². The lowest BCUT2D eigenvalue weighted by Gasteiger charge is -2.06. The zero-order chi connectivity index (χ0) is 15.9. The molecule has 0 amide bonds. The average Bonchev–Trinajstić information content (AvgIpc) is 2.89. The number of benzene rings is 2. The molecule has 0 aliphatic carbocycles. The van der Waals surface area contributed by atoms with Gasteiger partial charge in [-0.2, -0.15) is 18.3 Å². The molecule has 0 aliphatic rings. The van der Waals surface area contributed by atoms with Crippen LogP contribution in [0.4, 0.5) is 13.2 Å². The molecule has 0 saturated carbocycles. The number of aromatic amines is 1. The Kier molecular flexibility index (Phi) is 3.13. The van der Waals surface area contributed by atoms with Gasteiger partial charge in [0.15, 0.2) is 0 Å². The smallest absolute Gasteiger partial charge is 0.416 e. The number of carboxylic acid groups (broad SMARTS) is 1. The molecule has 0 unspecified atom stereocenters. The quantitative estimate of drug-likeness (QED) is 0.753. The second-order valence-electron chi connectivity index (χ2n) is 4.71. The van der Waals surface area contributed by atoms with E-state index in [0.717, 1.165) is 12.1 Å². The van der Waals surface area contributed by atoms with Gasteiger partial charge in [0.25, 0.3) is 0 Å². The third kappa shape index (κ3) is 2.41. The molecule has 0 radical (unpaired) electrons. The van der Waals surface area contributed by atoms with Crippen molar-refractivity contribution in [3.63, 3.8) is 0 Å². The highest BCUT2D eigenvalue weighted by molar-refractivity contribution is 5.94. The maximum Gasteiger partial charge on any atom is 0.416 e. The van der Waals surface area contributed by atoms with Crippen LogP contribution in [0.1, 0.15) is 15.9 Å². The second-order valence-corrected chi connectivity index (χ2v) is 4.71. The molecule has 3 rings (SSSR count). The highest BCUT2D eigenvalue weighted by Crippen LogP contribution is 2.34. The third-order valence-corrected chi connectivity index (χ3v) is 3.30. The van der Waals surface area contributed by atoms with Crippen molar-refractivity contribution in [2.75, 3.05) is 0 Å². The molecule has 1 heterocycles. The Bertz CT molecular complexity index is 851. The molecule has 0 spiro atoms. The van der Waals surface area contributed by atoms with Gasteiger partial charge in [-0.3, -0.25) is 5.10 Å². The average molecular weight is 306 g/mol. The molecule has 7 heteroatoms. The lowest BCUT2D eigenvalue weighted by atomic mass is 10.0. The highest BCUT2D eigenvalue weighted by atomic mass is 19.4. The van der Waals surface area contributed by atoms with Crippen LogP contribution in [0.15, 0.2) is 42.5 Å². The van der Waals surface area contributed by atoms with E-state index >= 15 is 0 Å². The zero-order valence-electron chi connectivity index (χ0n) is 11.0. The molecule has 1 aromatic heterocycles. The first-order valence-corrected chi connectivity index (χ1v) is 6.25. The number of aromatic nitrogens is 2. The first kappa shape index (κ1) is 14.1. The molecular formula is C15H9F3N2O2. The van der Waals surface area contributed by atoms with E-state index in [-0.39, 0.29) is 5.56 Å². The fourth-order valence-corrected chi connectivity index (χ4v) is 2.19. The van der Waals surface area contributed by atoms with Crippen molar-refractivity contribution >= 4 is 16.9 Å². The molecule has 4 nitrogen and oxygen atoms in total. The summed E-state index contributed by atoms with van der Waals surface area (Å²) in [6, 6.07) is 9.12. The van der Waals surface area contributed by atoms with Gasteiger partial charge >= 0.3 is 12.1 Å². The summed E-state index contributed by atoms with van der Waals surface area (Å²) in [7, 11) is 0. The van der Waals surface area contributed by atoms with Gasteiger partial charge in [0, 0.05) is 10.9 Å². The molecule has 2 aromatic carbocycles. The second kappa shape index (κ2) is 4.87. The van der Waals surface area contributed by atoms with Gasteiger partial charge in [-0.05, 0) is 30.3 Å². The number of alkyl halides is 3. The van der Waals surface area contributed by atoms with E-state index in [2.05, 4.69) is 10.2 Å². The Morgan fingerprint density at radius 3 is 2.36 bits per heavy atom.